The largest absolute Gasteiger partial charge is 0.490 e. The molecule has 0 radical (unpaired) electrons. The van der Waals surface area contributed by atoms with Crippen LogP contribution >= 0.6 is 15.9 Å². The summed E-state index contributed by atoms with van der Waals surface area (Å²) in [6.07, 6.45) is 9.57. The number of unbranched alkanes of at least 4 members (excludes halogenated alkanes) is 3. The Hall–Kier alpha value is -2.62. The first-order valence-corrected chi connectivity index (χ1v) is 13.9. The lowest BCUT2D eigenvalue weighted by molar-refractivity contribution is -0.146. The third-order valence-corrected chi connectivity index (χ3v) is 7.24. The highest BCUT2D eigenvalue weighted by Gasteiger charge is 2.37. The second-order valence-electron chi connectivity index (χ2n) is 9.35. The summed E-state index contributed by atoms with van der Waals surface area (Å²) in [5.74, 6) is 1.40. The summed E-state index contributed by atoms with van der Waals surface area (Å²) in [7, 11) is 0. The molecule has 0 spiro atoms. The van der Waals surface area contributed by atoms with Gasteiger partial charge in [-0.25, -0.2) is 4.79 Å². The quantitative estimate of drug-likeness (QED) is 0.265. The number of carbonyl (C=O) groups excluding carboxylic acids is 1. The molecule has 1 saturated carbocycles. The summed E-state index contributed by atoms with van der Waals surface area (Å²) in [5.41, 5.74) is 1.96. The molecule has 2 aromatic rings. The molecule has 1 unspecified atom stereocenters. The van der Waals surface area contributed by atoms with E-state index in [4.69, 9.17) is 14.2 Å². The normalized spacial score (nSPS) is 17.9. The van der Waals surface area contributed by atoms with E-state index in [9.17, 15) is 4.79 Å². The number of carbonyl (C=O) groups is 1. The molecule has 1 aromatic heterocycles. The molecule has 0 amide bonds. The topological polar surface area (TPSA) is 100 Å². The molecule has 1 atom stereocenters. The van der Waals surface area contributed by atoms with Crippen molar-refractivity contribution < 1.29 is 19.0 Å². The van der Waals surface area contributed by atoms with Crippen LogP contribution in [0.4, 0.5) is 5.95 Å². The van der Waals surface area contributed by atoms with Gasteiger partial charge in [-0.2, -0.15) is 4.68 Å². The fraction of sp³-hybridized carbons (Fsp3) is 0.615. The van der Waals surface area contributed by atoms with Gasteiger partial charge in [-0.05, 0) is 90.0 Å². The van der Waals surface area contributed by atoms with Crippen LogP contribution in [0.15, 0.2) is 27.9 Å². The van der Waals surface area contributed by atoms with Gasteiger partial charge in [0.15, 0.2) is 11.5 Å². The van der Waals surface area contributed by atoms with Gasteiger partial charge in [0.05, 0.1) is 23.3 Å². The van der Waals surface area contributed by atoms with E-state index in [2.05, 4.69) is 43.7 Å². The summed E-state index contributed by atoms with van der Waals surface area (Å²) >= 11 is 3.69. The zero-order valence-electron chi connectivity index (χ0n) is 21.4. The van der Waals surface area contributed by atoms with Gasteiger partial charge in [0, 0.05) is 5.70 Å². The molecule has 2 aliphatic rings. The summed E-state index contributed by atoms with van der Waals surface area (Å²) in [6, 6.07) is 3.30. The maximum Gasteiger partial charge on any atom is 0.338 e. The number of hydrogen-bond donors (Lipinski definition) is 1. The molecule has 1 aliphatic heterocycles. The standard InChI is InChI=1S/C26H36BrN5O4/c1-4-6-7-11-14-35-24-20(27)15-18(16-21(24)34-5-2)23-22(17(3)28-26-29-30-31-32(23)26)25(33)36-19-12-9-8-10-13-19/h15-16,19,23H,4-14H2,1-3H3,(H,28,29,31). The van der Waals surface area contributed by atoms with Crippen LogP contribution in [0.25, 0.3) is 0 Å². The zero-order chi connectivity index (χ0) is 25.5. The SMILES string of the molecule is CCCCCCOc1c(Br)cc(C2C(C(=O)OC3CCCCC3)=C(C)Nc3nnnn32)cc1OCC. The van der Waals surface area contributed by atoms with Gasteiger partial charge in [-0.15, -0.1) is 0 Å². The lowest BCUT2D eigenvalue weighted by Gasteiger charge is -2.30. The van der Waals surface area contributed by atoms with E-state index >= 15 is 0 Å². The molecular weight excluding hydrogens is 526 g/mol. The summed E-state index contributed by atoms with van der Waals surface area (Å²) in [4.78, 5) is 13.5. The molecular formula is C26H36BrN5O4. The van der Waals surface area contributed by atoms with Crippen molar-refractivity contribution in [2.45, 2.75) is 90.7 Å². The first kappa shape index (κ1) is 26.4. The lowest BCUT2D eigenvalue weighted by Crippen LogP contribution is -2.32. The van der Waals surface area contributed by atoms with Crippen molar-refractivity contribution >= 4 is 27.8 Å². The second kappa shape index (κ2) is 12.6. The number of nitrogens with one attached hydrogen (secondary N) is 1. The number of hydrogen-bond acceptors (Lipinski definition) is 8. The van der Waals surface area contributed by atoms with Crippen molar-refractivity contribution in [3.05, 3.63) is 33.4 Å². The third kappa shape index (κ3) is 6.02. The maximum absolute atomic E-state index is 13.5. The summed E-state index contributed by atoms with van der Waals surface area (Å²) < 4.78 is 20.4. The van der Waals surface area contributed by atoms with Gasteiger partial charge in [0.1, 0.15) is 12.1 Å². The molecule has 9 nitrogen and oxygen atoms in total. The Morgan fingerprint density at radius 3 is 2.69 bits per heavy atom. The number of aromatic nitrogens is 4. The average Bonchev–Trinajstić information content (AvgIpc) is 3.33. The molecule has 0 saturated heterocycles. The summed E-state index contributed by atoms with van der Waals surface area (Å²) in [6.45, 7) is 7.08. The van der Waals surface area contributed by atoms with Crippen molar-refractivity contribution in [2.75, 3.05) is 18.5 Å². The van der Waals surface area contributed by atoms with Crippen LogP contribution in [0.1, 0.15) is 90.2 Å². The number of anilines is 1. The number of esters is 1. The van der Waals surface area contributed by atoms with Gasteiger partial charge in [0.25, 0.3) is 0 Å². The van der Waals surface area contributed by atoms with Crippen molar-refractivity contribution in [1.29, 1.82) is 0 Å². The summed E-state index contributed by atoms with van der Waals surface area (Å²) in [5, 5.41) is 15.3. The number of fused-ring (bicyclic) bond motifs is 1. The Labute approximate surface area is 221 Å². The van der Waals surface area contributed by atoms with Gasteiger partial charge in [-0.1, -0.05) is 37.7 Å². The predicted octanol–water partition coefficient (Wildman–Crippen LogP) is 5.96. The lowest BCUT2D eigenvalue weighted by atomic mass is 9.94. The number of halogens is 1. The molecule has 10 heteroatoms. The van der Waals surface area contributed by atoms with E-state index in [1.54, 1.807) is 4.68 Å². The highest BCUT2D eigenvalue weighted by Crippen LogP contribution is 2.43. The number of benzene rings is 1. The predicted molar refractivity (Wildman–Crippen MR) is 140 cm³/mol. The second-order valence-corrected chi connectivity index (χ2v) is 10.2. The van der Waals surface area contributed by atoms with E-state index in [-0.39, 0.29) is 12.1 Å². The highest BCUT2D eigenvalue weighted by molar-refractivity contribution is 9.10. The van der Waals surface area contributed by atoms with Crippen LogP contribution in [0, 0.1) is 0 Å². The number of rotatable bonds is 11. The maximum atomic E-state index is 13.5. The van der Waals surface area contributed by atoms with Crippen molar-refractivity contribution in [2.24, 2.45) is 0 Å². The van der Waals surface area contributed by atoms with Crippen LogP contribution in [0.2, 0.25) is 0 Å². The smallest absolute Gasteiger partial charge is 0.338 e. The van der Waals surface area contributed by atoms with Crippen molar-refractivity contribution in [3.8, 4) is 11.5 Å². The van der Waals surface area contributed by atoms with Gasteiger partial charge >= 0.3 is 5.97 Å². The Balaban J connectivity index is 1.66. The fourth-order valence-corrected chi connectivity index (χ4v) is 5.41. The Kier molecular flexibility index (Phi) is 9.23. The minimum atomic E-state index is -0.568. The van der Waals surface area contributed by atoms with Crippen molar-refractivity contribution in [1.82, 2.24) is 20.2 Å². The monoisotopic (exact) mass is 561 g/mol. The molecule has 36 heavy (non-hydrogen) atoms. The van der Waals surface area contributed by atoms with Gasteiger partial charge in [0.2, 0.25) is 5.95 Å². The minimum Gasteiger partial charge on any atom is -0.490 e. The molecule has 1 N–H and O–H groups in total. The first-order chi connectivity index (χ1) is 17.5. The zero-order valence-corrected chi connectivity index (χ0v) is 23.0. The highest BCUT2D eigenvalue weighted by atomic mass is 79.9. The van der Waals surface area contributed by atoms with E-state index in [1.807, 2.05) is 26.0 Å². The van der Waals surface area contributed by atoms with Crippen LogP contribution in [-0.2, 0) is 9.53 Å². The Bertz CT molecular complexity index is 1080. The molecule has 4 rings (SSSR count). The molecule has 2 heterocycles. The van der Waals surface area contributed by atoms with Crippen LogP contribution in [-0.4, -0.2) is 45.5 Å². The van der Waals surface area contributed by atoms with E-state index in [0.717, 1.165) is 48.6 Å². The fourth-order valence-electron chi connectivity index (χ4n) is 4.83. The molecule has 1 fully saturated rings. The number of tetrazole rings is 1. The van der Waals surface area contributed by atoms with E-state index in [0.29, 0.717) is 41.9 Å². The first-order valence-electron chi connectivity index (χ1n) is 13.1. The van der Waals surface area contributed by atoms with Gasteiger partial charge < -0.3 is 19.5 Å². The van der Waals surface area contributed by atoms with E-state index in [1.165, 1.54) is 19.3 Å². The molecule has 1 aliphatic carbocycles. The average molecular weight is 563 g/mol. The third-order valence-electron chi connectivity index (χ3n) is 6.65. The minimum absolute atomic E-state index is 0.0586. The number of ether oxygens (including phenoxy) is 3. The van der Waals surface area contributed by atoms with Gasteiger partial charge in [-0.3, -0.25) is 0 Å². The Morgan fingerprint density at radius 2 is 1.94 bits per heavy atom. The molecule has 196 valence electrons. The Morgan fingerprint density at radius 1 is 1.14 bits per heavy atom. The van der Waals surface area contributed by atoms with Crippen LogP contribution in [0.3, 0.4) is 0 Å². The van der Waals surface area contributed by atoms with E-state index < -0.39 is 6.04 Å². The van der Waals surface area contributed by atoms with Crippen molar-refractivity contribution in [3.63, 3.8) is 0 Å². The van der Waals surface area contributed by atoms with Crippen LogP contribution in [0.5, 0.6) is 11.5 Å². The number of nitrogens with zero attached hydrogens (tertiary/aromatic N) is 4. The molecule has 0 bridgehead atoms. The number of allylic oxidation sites excluding steroid dienone is 1. The molecule has 1 aromatic carbocycles. The van der Waals surface area contributed by atoms with Crippen LogP contribution < -0.4 is 14.8 Å².